The first-order valence-electron chi connectivity index (χ1n) is 7.66. The second kappa shape index (κ2) is 7.51. The molecule has 0 saturated heterocycles. The number of carbonyl (C=O) groups is 1. The molecule has 0 aliphatic heterocycles. The Kier molecular flexibility index (Phi) is 5.67. The van der Waals surface area contributed by atoms with Crippen molar-refractivity contribution in [2.75, 3.05) is 0 Å². The van der Waals surface area contributed by atoms with E-state index in [2.05, 4.69) is 37.4 Å². The second-order valence-electron chi connectivity index (χ2n) is 5.81. The van der Waals surface area contributed by atoms with Gasteiger partial charge in [0.05, 0.1) is 6.04 Å². The number of hydrogen-bond acceptors (Lipinski definition) is 2. The molecule has 0 saturated carbocycles. The Morgan fingerprint density at radius 2 is 1.87 bits per heavy atom. The molecule has 0 spiro atoms. The lowest BCUT2D eigenvalue weighted by atomic mass is 10.0. The van der Waals surface area contributed by atoms with Crippen LogP contribution in [-0.2, 0) is 4.79 Å². The molecule has 0 heterocycles. The minimum atomic E-state index is -0.596. The lowest BCUT2D eigenvalue weighted by Gasteiger charge is -2.20. The molecule has 0 radical (unpaired) electrons. The van der Waals surface area contributed by atoms with E-state index < -0.39 is 6.10 Å². The van der Waals surface area contributed by atoms with Crippen molar-refractivity contribution in [1.29, 1.82) is 0 Å². The predicted molar refractivity (Wildman–Crippen MR) is 94.0 cm³/mol. The van der Waals surface area contributed by atoms with E-state index in [0.717, 1.165) is 5.56 Å². The summed E-state index contributed by atoms with van der Waals surface area (Å²) < 4.78 is 5.65. The van der Waals surface area contributed by atoms with Crippen LogP contribution in [0.15, 0.2) is 42.5 Å². The van der Waals surface area contributed by atoms with E-state index in [9.17, 15) is 4.79 Å². The van der Waals surface area contributed by atoms with E-state index in [1.54, 1.807) is 31.2 Å². The normalized spacial score (nSPS) is 13.3. The van der Waals surface area contributed by atoms with Crippen LogP contribution in [0.5, 0.6) is 5.75 Å². The molecule has 1 N–H and O–H groups in total. The van der Waals surface area contributed by atoms with Crippen LogP contribution in [0, 0.1) is 13.8 Å². The Bertz CT molecular complexity index is 700. The van der Waals surface area contributed by atoms with Crippen LogP contribution in [0.2, 0.25) is 5.02 Å². The average Bonchev–Trinajstić information content (AvgIpc) is 2.46. The highest BCUT2D eigenvalue weighted by atomic mass is 35.5. The third-order valence-electron chi connectivity index (χ3n) is 3.73. The average molecular weight is 332 g/mol. The zero-order chi connectivity index (χ0) is 17.0. The molecular weight excluding hydrogens is 310 g/mol. The summed E-state index contributed by atoms with van der Waals surface area (Å²) in [6.45, 7) is 7.81. The Hall–Kier alpha value is -2.00. The minimum Gasteiger partial charge on any atom is -0.481 e. The van der Waals surface area contributed by atoms with Crippen molar-refractivity contribution in [3.63, 3.8) is 0 Å². The van der Waals surface area contributed by atoms with Gasteiger partial charge in [-0.25, -0.2) is 0 Å². The topological polar surface area (TPSA) is 38.3 Å². The summed E-state index contributed by atoms with van der Waals surface area (Å²) in [7, 11) is 0. The Balaban J connectivity index is 2.00. The first kappa shape index (κ1) is 17.4. The highest BCUT2D eigenvalue weighted by Gasteiger charge is 2.18. The number of hydrogen-bond donors (Lipinski definition) is 1. The van der Waals surface area contributed by atoms with Gasteiger partial charge in [0.15, 0.2) is 6.10 Å². The second-order valence-corrected chi connectivity index (χ2v) is 6.24. The van der Waals surface area contributed by atoms with Gasteiger partial charge in [0, 0.05) is 5.02 Å². The standard InChI is InChI=1S/C19H22ClNO2/c1-12-8-9-18(13(2)10-12)14(3)21-19(22)15(4)23-17-7-5-6-16(20)11-17/h5-11,14-15H,1-4H3,(H,21,22)/t14-,15-/m0/s1. The third-order valence-corrected chi connectivity index (χ3v) is 3.96. The van der Waals surface area contributed by atoms with E-state index in [1.807, 2.05) is 6.92 Å². The smallest absolute Gasteiger partial charge is 0.261 e. The molecule has 0 fully saturated rings. The summed E-state index contributed by atoms with van der Waals surface area (Å²) in [6.07, 6.45) is -0.596. The molecule has 2 rings (SSSR count). The van der Waals surface area contributed by atoms with Gasteiger partial charge in [0.1, 0.15) is 5.75 Å². The SMILES string of the molecule is Cc1ccc([C@H](C)NC(=O)[C@H](C)Oc2cccc(Cl)c2)c(C)c1. The van der Waals surface area contributed by atoms with Crippen LogP contribution >= 0.6 is 11.6 Å². The molecule has 0 unspecified atom stereocenters. The molecule has 122 valence electrons. The molecule has 3 nitrogen and oxygen atoms in total. The van der Waals surface area contributed by atoms with Crippen LogP contribution < -0.4 is 10.1 Å². The van der Waals surface area contributed by atoms with Crippen molar-refractivity contribution in [2.45, 2.75) is 39.8 Å². The van der Waals surface area contributed by atoms with E-state index in [0.29, 0.717) is 10.8 Å². The quantitative estimate of drug-likeness (QED) is 0.869. The number of ether oxygens (including phenoxy) is 1. The number of aryl methyl sites for hydroxylation is 2. The molecular formula is C19H22ClNO2. The molecule has 4 heteroatoms. The number of benzene rings is 2. The Morgan fingerprint density at radius 3 is 2.52 bits per heavy atom. The summed E-state index contributed by atoms with van der Waals surface area (Å²) in [6, 6.07) is 13.2. The summed E-state index contributed by atoms with van der Waals surface area (Å²) in [5, 5.41) is 3.58. The first-order valence-corrected chi connectivity index (χ1v) is 8.04. The maximum atomic E-state index is 12.3. The van der Waals surface area contributed by atoms with Crippen LogP contribution in [0.25, 0.3) is 0 Å². The number of amides is 1. The van der Waals surface area contributed by atoms with Crippen LogP contribution in [0.3, 0.4) is 0 Å². The van der Waals surface area contributed by atoms with Crippen molar-refractivity contribution in [3.8, 4) is 5.75 Å². The van der Waals surface area contributed by atoms with Crippen LogP contribution in [0.4, 0.5) is 0 Å². The summed E-state index contributed by atoms with van der Waals surface area (Å²) >= 11 is 5.92. The fraction of sp³-hybridized carbons (Fsp3) is 0.316. The van der Waals surface area contributed by atoms with Gasteiger partial charge >= 0.3 is 0 Å². The third kappa shape index (κ3) is 4.73. The lowest BCUT2D eigenvalue weighted by Crippen LogP contribution is -2.38. The van der Waals surface area contributed by atoms with Crippen molar-refractivity contribution < 1.29 is 9.53 Å². The van der Waals surface area contributed by atoms with Gasteiger partial charge in [-0.3, -0.25) is 4.79 Å². The predicted octanol–water partition coefficient (Wildman–Crippen LogP) is 4.60. The highest BCUT2D eigenvalue weighted by Crippen LogP contribution is 2.20. The first-order chi connectivity index (χ1) is 10.9. The van der Waals surface area contributed by atoms with E-state index in [4.69, 9.17) is 16.3 Å². The molecule has 0 bridgehead atoms. The molecule has 0 aromatic heterocycles. The molecule has 2 aromatic rings. The van der Waals surface area contributed by atoms with Crippen molar-refractivity contribution in [3.05, 3.63) is 64.2 Å². The van der Waals surface area contributed by atoms with E-state index >= 15 is 0 Å². The number of carbonyl (C=O) groups excluding carboxylic acids is 1. The number of halogens is 1. The number of nitrogens with one attached hydrogen (secondary N) is 1. The van der Waals surface area contributed by atoms with Crippen molar-refractivity contribution in [1.82, 2.24) is 5.32 Å². The van der Waals surface area contributed by atoms with E-state index in [-0.39, 0.29) is 11.9 Å². The Morgan fingerprint density at radius 1 is 1.13 bits per heavy atom. The van der Waals surface area contributed by atoms with Crippen LogP contribution in [-0.4, -0.2) is 12.0 Å². The van der Waals surface area contributed by atoms with Gasteiger partial charge in [-0.15, -0.1) is 0 Å². The van der Waals surface area contributed by atoms with E-state index in [1.165, 1.54) is 11.1 Å². The maximum absolute atomic E-state index is 12.3. The minimum absolute atomic E-state index is 0.0755. The lowest BCUT2D eigenvalue weighted by molar-refractivity contribution is -0.127. The zero-order valence-corrected chi connectivity index (χ0v) is 14.6. The van der Waals surface area contributed by atoms with Gasteiger partial charge in [-0.1, -0.05) is 41.4 Å². The van der Waals surface area contributed by atoms with Gasteiger partial charge in [-0.05, 0) is 57.0 Å². The molecule has 2 atom stereocenters. The molecule has 23 heavy (non-hydrogen) atoms. The summed E-state index contributed by atoms with van der Waals surface area (Å²) in [5.41, 5.74) is 3.49. The highest BCUT2D eigenvalue weighted by molar-refractivity contribution is 6.30. The number of rotatable bonds is 5. The van der Waals surface area contributed by atoms with Crippen molar-refractivity contribution >= 4 is 17.5 Å². The summed E-state index contributed by atoms with van der Waals surface area (Å²) in [4.78, 5) is 12.3. The molecule has 1 amide bonds. The fourth-order valence-corrected chi connectivity index (χ4v) is 2.70. The molecule has 0 aliphatic carbocycles. The van der Waals surface area contributed by atoms with Crippen LogP contribution in [0.1, 0.15) is 36.6 Å². The molecule has 0 aliphatic rings. The van der Waals surface area contributed by atoms with Gasteiger partial charge in [0.2, 0.25) is 0 Å². The van der Waals surface area contributed by atoms with Gasteiger partial charge in [0.25, 0.3) is 5.91 Å². The van der Waals surface area contributed by atoms with Gasteiger partial charge in [-0.2, -0.15) is 0 Å². The fourth-order valence-electron chi connectivity index (χ4n) is 2.52. The van der Waals surface area contributed by atoms with Crippen molar-refractivity contribution in [2.24, 2.45) is 0 Å². The Labute approximate surface area is 142 Å². The zero-order valence-electron chi connectivity index (χ0n) is 13.9. The van der Waals surface area contributed by atoms with Gasteiger partial charge < -0.3 is 10.1 Å². The largest absolute Gasteiger partial charge is 0.481 e. The maximum Gasteiger partial charge on any atom is 0.261 e. The monoisotopic (exact) mass is 331 g/mol. The summed E-state index contributed by atoms with van der Waals surface area (Å²) in [5.74, 6) is 0.428. The molecule has 2 aromatic carbocycles.